The normalized spacial score (nSPS) is 10.1. The standard InChI is InChI=1S/C31H24O12/c1-3-22(33)16-40-31(38)26-15-25(10-11-27(26)41-18-32)43-30(37)21-6-5-20-14-24(9-7-19(20)13-21)42-29(36)12-8-23(34)17-39-28(35)4-2/h3-7,9-11,13-15,18H,1-2,8,12,16-17H2. The van der Waals surface area contributed by atoms with Crippen LogP contribution in [0.2, 0.25) is 0 Å². The smallest absolute Gasteiger partial charge is 0.343 e. The van der Waals surface area contributed by atoms with Crippen LogP contribution in [0.5, 0.6) is 17.2 Å². The molecule has 0 heterocycles. The maximum absolute atomic E-state index is 12.8. The Morgan fingerprint density at radius 3 is 2.12 bits per heavy atom. The van der Waals surface area contributed by atoms with E-state index in [0.717, 1.165) is 18.2 Å². The molecule has 0 aromatic heterocycles. The van der Waals surface area contributed by atoms with E-state index in [1.807, 2.05) is 0 Å². The van der Waals surface area contributed by atoms with Crippen molar-refractivity contribution in [3.05, 3.63) is 91.0 Å². The van der Waals surface area contributed by atoms with Gasteiger partial charge in [0.2, 0.25) is 0 Å². The maximum atomic E-state index is 12.8. The topological polar surface area (TPSA) is 166 Å². The van der Waals surface area contributed by atoms with Crippen LogP contribution in [-0.4, -0.2) is 55.1 Å². The molecule has 0 atom stereocenters. The predicted molar refractivity (Wildman–Crippen MR) is 149 cm³/mol. The molecule has 0 aliphatic heterocycles. The fraction of sp³-hybridized carbons (Fsp3) is 0.129. The quantitative estimate of drug-likeness (QED) is 0.110. The Morgan fingerprint density at radius 2 is 1.40 bits per heavy atom. The molecule has 3 rings (SSSR count). The molecule has 0 spiro atoms. The Kier molecular flexibility index (Phi) is 11.2. The summed E-state index contributed by atoms with van der Waals surface area (Å²) in [5.74, 6) is -4.20. The van der Waals surface area contributed by atoms with Crippen molar-refractivity contribution in [2.24, 2.45) is 0 Å². The zero-order valence-corrected chi connectivity index (χ0v) is 22.6. The molecule has 0 radical (unpaired) electrons. The summed E-state index contributed by atoms with van der Waals surface area (Å²) in [6.45, 7) is 5.55. The van der Waals surface area contributed by atoms with Crippen molar-refractivity contribution < 1.29 is 57.2 Å². The summed E-state index contributed by atoms with van der Waals surface area (Å²) in [5.41, 5.74) is -0.0998. The number of carbonyl (C=O) groups excluding carboxylic acids is 7. The minimum Gasteiger partial charge on any atom is -0.455 e. The van der Waals surface area contributed by atoms with Crippen molar-refractivity contribution in [3.63, 3.8) is 0 Å². The van der Waals surface area contributed by atoms with Gasteiger partial charge in [0.05, 0.1) is 12.0 Å². The van der Waals surface area contributed by atoms with Gasteiger partial charge >= 0.3 is 23.9 Å². The monoisotopic (exact) mass is 588 g/mol. The molecule has 0 bridgehead atoms. The Morgan fingerprint density at radius 1 is 0.698 bits per heavy atom. The summed E-state index contributed by atoms with van der Waals surface area (Å²) in [5, 5.41) is 1.24. The van der Waals surface area contributed by atoms with Gasteiger partial charge in [-0.05, 0) is 59.3 Å². The highest BCUT2D eigenvalue weighted by Crippen LogP contribution is 2.27. The molecular formula is C31H24O12. The molecule has 0 aliphatic carbocycles. The zero-order valence-electron chi connectivity index (χ0n) is 22.6. The van der Waals surface area contributed by atoms with Gasteiger partial charge in [-0.1, -0.05) is 25.3 Å². The molecule has 12 heteroatoms. The number of ether oxygens (including phenoxy) is 5. The van der Waals surface area contributed by atoms with Crippen molar-refractivity contribution >= 4 is 52.7 Å². The molecule has 0 saturated carbocycles. The number of carbonyl (C=O) groups is 7. The van der Waals surface area contributed by atoms with Gasteiger partial charge in [0, 0.05) is 12.5 Å². The number of ketones is 2. The maximum Gasteiger partial charge on any atom is 0.343 e. The van der Waals surface area contributed by atoms with E-state index in [-0.39, 0.29) is 47.7 Å². The van der Waals surface area contributed by atoms with Gasteiger partial charge in [-0.25, -0.2) is 14.4 Å². The highest BCUT2D eigenvalue weighted by molar-refractivity contribution is 5.99. The van der Waals surface area contributed by atoms with Gasteiger partial charge in [-0.15, -0.1) is 0 Å². The largest absolute Gasteiger partial charge is 0.455 e. The van der Waals surface area contributed by atoms with Crippen molar-refractivity contribution in [3.8, 4) is 17.2 Å². The van der Waals surface area contributed by atoms with Crippen molar-refractivity contribution in [2.75, 3.05) is 13.2 Å². The second-order valence-corrected chi connectivity index (χ2v) is 8.56. The lowest BCUT2D eigenvalue weighted by Gasteiger charge is -2.10. The first-order valence-corrected chi connectivity index (χ1v) is 12.5. The second-order valence-electron chi connectivity index (χ2n) is 8.56. The van der Waals surface area contributed by atoms with Gasteiger partial charge < -0.3 is 23.7 Å². The Labute approximate surface area is 244 Å². The van der Waals surface area contributed by atoms with Crippen molar-refractivity contribution in [2.45, 2.75) is 12.8 Å². The number of Topliss-reactive ketones (excluding diaryl/α,β-unsaturated/α-hetero) is 1. The molecular weight excluding hydrogens is 564 g/mol. The fourth-order valence-electron chi connectivity index (χ4n) is 3.45. The van der Waals surface area contributed by atoms with Crippen LogP contribution in [0.15, 0.2) is 79.9 Å². The highest BCUT2D eigenvalue weighted by Gasteiger charge is 2.19. The Balaban J connectivity index is 1.65. The highest BCUT2D eigenvalue weighted by atomic mass is 16.6. The van der Waals surface area contributed by atoms with Gasteiger partial charge in [-0.3, -0.25) is 19.2 Å². The molecule has 0 amide bonds. The SMILES string of the molecule is C=CC(=O)COC(=O)c1cc(OC(=O)c2ccc3cc(OC(=O)CCC(=O)COC(=O)C=C)ccc3c2)ccc1OC=O. The number of fused-ring (bicyclic) bond motifs is 1. The van der Waals surface area contributed by atoms with E-state index in [4.69, 9.17) is 18.9 Å². The number of hydrogen-bond acceptors (Lipinski definition) is 12. The van der Waals surface area contributed by atoms with Crippen LogP contribution in [0, 0.1) is 0 Å². The summed E-state index contributed by atoms with van der Waals surface area (Å²) in [4.78, 5) is 82.3. The fourth-order valence-corrected chi connectivity index (χ4v) is 3.45. The lowest BCUT2D eigenvalue weighted by atomic mass is 10.1. The van der Waals surface area contributed by atoms with E-state index in [1.54, 1.807) is 18.2 Å². The average molecular weight is 589 g/mol. The summed E-state index contributed by atoms with van der Waals surface area (Å²) in [7, 11) is 0. The molecule has 0 aliphatic rings. The first-order valence-electron chi connectivity index (χ1n) is 12.5. The van der Waals surface area contributed by atoms with E-state index in [1.165, 1.54) is 30.3 Å². The molecule has 12 nitrogen and oxygen atoms in total. The molecule has 3 aromatic carbocycles. The van der Waals surface area contributed by atoms with Crippen LogP contribution >= 0.6 is 0 Å². The summed E-state index contributed by atoms with van der Waals surface area (Å²) >= 11 is 0. The molecule has 43 heavy (non-hydrogen) atoms. The van der Waals surface area contributed by atoms with Gasteiger partial charge in [0.15, 0.2) is 18.2 Å². The lowest BCUT2D eigenvalue weighted by molar-refractivity contribution is -0.143. The number of hydrogen-bond donors (Lipinski definition) is 0. The third kappa shape index (κ3) is 9.32. The van der Waals surface area contributed by atoms with Crippen molar-refractivity contribution in [1.29, 1.82) is 0 Å². The van der Waals surface area contributed by atoms with Gasteiger partial charge in [0.25, 0.3) is 6.47 Å². The van der Waals surface area contributed by atoms with Crippen LogP contribution in [0.4, 0.5) is 0 Å². The van der Waals surface area contributed by atoms with E-state index in [2.05, 4.69) is 17.9 Å². The van der Waals surface area contributed by atoms with Crippen LogP contribution in [0.3, 0.4) is 0 Å². The third-order valence-corrected chi connectivity index (χ3v) is 5.56. The number of rotatable bonds is 15. The van der Waals surface area contributed by atoms with Crippen LogP contribution < -0.4 is 14.2 Å². The molecule has 0 saturated heterocycles. The lowest BCUT2D eigenvalue weighted by Crippen LogP contribution is -2.15. The summed E-state index contributed by atoms with van der Waals surface area (Å²) in [6.07, 6.45) is 1.51. The van der Waals surface area contributed by atoms with Crippen molar-refractivity contribution in [1.82, 2.24) is 0 Å². The molecule has 0 N–H and O–H groups in total. The first kappa shape index (κ1) is 31.6. The Bertz CT molecular complexity index is 1620. The van der Waals surface area contributed by atoms with Gasteiger partial charge in [0.1, 0.15) is 29.4 Å². The molecule has 220 valence electrons. The molecule has 3 aromatic rings. The zero-order chi connectivity index (χ0) is 31.4. The summed E-state index contributed by atoms with van der Waals surface area (Å²) in [6, 6.07) is 12.9. The van der Waals surface area contributed by atoms with E-state index in [9.17, 15) is 33.6 Å². The van der Waals surface area contributed by atoms with Gasteiger partial charge in [-0.2, -0.15) is 0 Å². The van der Waals surface area contributed by atoms with E-state index < -0.39 is 48.7 Å². The van der Waals surface area contributed by atoms with Crippen LogP contribution in [0.25, 0.3) is 10.8 Å². The number of esters is 4. The average Bonchev–Trinajstić information content (AvgIpc) is 3.01. The molecule has 0 unspecified atom stereocenters. The van der Waals surface area contributed by atoms with Crippen LogP contribution in [-0.2, 0) is 33.4 Å². The first-order chi connectivity index (χ1) is 20.6. The molecule has 0 fully saturated rings. The minimum absolute atomic E-state index is 0.0649. The summed E-state index contributed by atoms with van der Waals surface area (Å²) < 4.78 is 24.9. The number of benzene rings is 3. The van der Waals surface area contributed by atoms with Crippen LogP contribution in [0.1, 0.15) is 33.6 Å². The third-order valence-electron chi connectivity index (χ3n) is 5.56. The van der Waals surface area contributed by atoms with E-state index in [0.29, 0.717) is 10.8 Å². The minimum atomic E-state index is -0.993. The van der Waals surface area contributed by atoms with E-state index >= 15 is 0 Å². The second kappa shape index (κ2) is 15.2. The predicted octanol–water partition coefficient (Wildman–Crippen LogP) is 3.49. The Hall–Kier alpha value is -5.91.